The van der Waals surface area contributed by atoms with Gasteiger partial charge in [0.2, 0.25) is 0 Å². The van der Waals surface area contributed by atoms with Gasteiger partial charge in [-0.05, 0) is 60.9 Å². The van der Waals surface area contributed by atoms with Crippen molar-refractivity contribution in [2.75, 3.05) is 6.61 Å². The molecule has 5 rings (SSSR count). The van der Waals surface area contributed by atoms with Crippen LogP contribution in [0.2, 0.25) is 0 Å². The van der Waals surface area contributed by atoms with Crippen LogP contribution in [0.5, 0.6) is 17.2 Å². The average molecular weight is 620 g/mol. The number of benzene rings is 4. The fourth-order valence-corrected chi connectivity index (χ4v) is 5.06. The van der Waals surface area contributed by atoms with Crippen molar-refractivity contribution in [3.05, 3.63) is 125 Å². The van der Waals surface area contributed by atoms with E-state index < -0.39 is 35.9 Å². The molecule has 2 atom stereocenters. The third kappa shape index (κ3) is 7.75. The molecule has 1 fully saturated rings. The molecule has 10 heteroatoms. The van der Waals surface area contributed by atoms with Crippen molar-refractivity contribution in [3.63, 3.8) is 0 Å². The molecule has 4 aromatic carbocycles. The maximum Gasteiger partial charge on any atom is 0.416 e. The molecule has 0 aliphatic carbocycles. The Balaban J connectivity index is 1.48. The molecule has 1 amide bonds. The molecule has 4 aromatic rings. The predicted octanol–water partition coefficient (Wildman–Crippen LogP) is 8.26. The number of hydrogen-bond donors (Lipinski definition) is 0. The molecule has 1 saturated heterocycles. The number of esters is 1. The average Bonchev–Trinajstić information content (AvgIpc) is 3.30. The van der Waals surface area contributed by atoms with E-state index in [9.17, 15) is 22.8 Å². The van der Waals surface area contributed by atoms with Gasteiger partial charge in [0, 0.05) is 5.56 Å². The summed E-state index contributed by atoms with van der Waals surface area (Å²) in [7, 11) is 0. The number of hydrogen-bond acceptors (Lipinski definition) is 6. The molecule has 45 heavy (non-hydrogen) atoms. The summed E-state index contributed by atoms with van der Waals surface area (Å²) in [6, 6.07) is 26.1. The van der Waals surface area contributed by atoms with Crippen LogP contribution in [-0.4, -0.2) is 29.6 Å². The molecular formula is C35H32F3NO6. The summed E-state index contributed by atoms with van der Waals surface area (Å²) in [4.78, 5) is 26.6. The highest BCUT2D eigenvalue weighted by Gasteiger charge is 2.40. The molecule has 0 radical (unpaired) electrons. The molecule has 0 bridgehead atoms. The molecule has 234 valence electrons. The Morgan fingerprint density at radius 2 is 1.56 bits per heavy atom. The second-order valence-corrected chi connectivity index (χ2v) is 10.5. The first-order valence-corrected chi connectivity index (χ1v) is 14.5. The fourth-order valence-electron chi connectivity index (χ4n) is 5.06. The highest BCUT2D eigenvalue weighted by atomic mass is 19.4. The highest BCUT2D eigenvalue weighted by Crippen LogP contribution is 2.40. The summed E-state index contributed by atoms with van der Waals surface area (Å²) in [6.07, 6.45) is -5.91. The number of halogens is 3. The standard InChI is InChI=1S/C35H32F3NO6/c1-3-42-32(40)19-25-14-16-30(43-22-24-10-6-4-7-11-24)31(18-25)44-29-17-15-28(35(36,37)38)20-27(29)21-39-23(2)33(45-34(39)41)26-12-8-5-9-13-26/h4-18,20,23,33H,3,19,21-22H2,1-2H3/t23-,33-/m1/s1. The first kappa shape index (κ1) is 31.4. The Hall–Kier alpha value is -4.99. The Morgan fingerprint density at radius 3 is 2.24 bits per heavy atom. The van der Waals surface area contributed by atoms with Crippen LogP contribution in [0.3, 0.4) is 0 Å². The van der Waals surface area contributed by atoms with Crippen LogP contribution in [0.4, 0.5) is 18.0 Å². The van der Waals surface area contributed by atoms with Crippen LogP contribution in [0.25, 0.3) is 0 Å². The minimum absolute atomic E-state index is 0.0406. The summed E-state index contributed by atoms with van der Waals surface area (Å²) in [5.74, 6) is 0.151. The Labute approximate surface area is 259 Å². The summed E-state index contributed by atoms with van der Waals surface area (Å²) in [5, 5.41) is 0. The van der Waals surface area contributed by atoms with Crippen LogP contribution in [0, 0.1) is 0 Å². The van der Waals surface area contributed by atoms with Gasteiger partial charge in [-0.2, -0.15) is 13.2 Å². The van der Waals surface area contributed by atoms with Crippen molar-refractivity contribution < 1.29 is 41.7 Å². The van der Waals surface area contributed by atoms with E-state index in [2.05, 4.69) is 0 Å². The monoisotopic (exact) mass is 619 g/mol. The molecule has 0 saturated carbocycles. The maximum absolute atomic E-state index is 13.8. The molecule has 0 unspecified atom stereocenters. The Bertz CT molecular complexity index is 1630. The minimum Gasteiger partial charge on any atom is -0.485 e. The van der Waals surface area contributed by atoms with Gasteiger partial charge >= 0.3 is 18.2 Å². The Kier molecular flexibility index (Phi) is 9.61. The van der Waals surface area contributed by atoms with E-state index in [4.69, 9.17) is 18.9 Å². The zero-order valence-corrected chi connectivity index (χ0v) is 24.8. The molecule has 1 aliphatic heterocycles. The van der Waals surface area contributed by atoms with Crippen molar-refractivity contribution in [3.8, 4) is 17.2 Å². The molecule has 0 N–H and O–H groups in total. The molecular weight excluding hydrogens is 587 g/mol. The second kappa shape index (κ2) is 13.8. The molecule has 0 aromatic heterocycles. The molecule has 1 heterocycles. The lowest BCUT2D eigenvalue weighted by molar-refractivity contribution is -0.142. The van der Waals surface area contributed by atoms with Crippen LogP contribution in [-0.2, 0) is 40.0 Å². The molecule has 1 aliphatic rings. The van der Waals surface area contributed by atoms with Crippen molar-refractivity contribution in [1.82, 2.24) is 4.90 Å². The van der Waals surface area contributed by atoms with E-state index in [1.165, 1.54) is 11.0 Å². The largest absolute Gasteiger partial charge is 0.485 e. The van der Waals surface area contributed by atoms with Crippen LogP contribution >= 0.6 is 0 Å². The summed E-state index contributed by atoms with van der Waals surface area (Å²) < 4.78 is 64.5. The van der Waals surface area contributed by atoms with Gasteiger partial charge in [0.15, 0.2) is 11.5 Å². The number of nitrogens with zero attached hydrogens (tertiary/aromatic N) is 1. The van der Waals surface area contributed by atoms with Gasteiger partial charge < -0.3 is 18.9 Å². The second-order valence-electron chi connectivity index (χ2n) is 10.5. The third-order valence-electron chi connectivity index (χ3n) is 7.37. The number of rotatable bonds is 11. The quantitative estimate of drug-likeness (QED) is 0.157. The lowest BCUT2D eigenvalue weighted by Gasteiger charge is -2.23. The third-order valence-corrected chi connectivity index (χ3v) is 7.37. The summed E-state index contributed by atoms with van der Waals surface area (Å²) >= 11 is 0. The number of carbonyl (C=O) groups is 2. The van der Waals surface area contributed by atoms with Crippen molar-refractivity contribution in [1.29, 1.82) is 0 Å². The van der Waals surface area contributed by atoms with E-state index in [1.807, 2.05) is 60.7 Å². The number of cyclic esters (lactones) is 1. The zero-order chi connectivity index (χ0) is 32.0. The topological polar surface area (TPSA) is 74.3 Å². The predicted molar refractivity (Wildman–Crippen MR) is 160 cm³/mol. The van der Waals surface area contributed by atoms with Crippen LogP contribution in [0.15, 0.2) is 97.1 Å². The minimum atomic E-state index is -4.62. The highest BCUT2D eigenvalue weighted by molar-refractivity contribution is 5.73. The van der Waals surface area contributed by atoms with Crippen molar-refractivity contribution in [2.45, 2.75) is 51.7 Å². The summed E-state index contributed by atoms with van der Waals surface area (Å²) in [6.45, 7) is 3.71. The number of ether oxygens (including phenoxy) is 4. The fraction of sp³-hybridized carbons (Fsp3) is 0.257. The van der Waals surface area contributed by atoms with Gasteiger partial charge in [-0.3, -0.25) is 9.69 Å². The first-order valence-electron chi connectivity index (χ1n) is 14.5. The number of amides is 1. The lowest BCUT2D eigenvalue weighted by atomic mass is 10.0. The number of carbonyl (C=O) groups excluding carboxylic acids is 2. The van der Waals surface area contributed by atoms with E-state index in [-0.39, 0.29) is 43.2 Å². The Morgan fingerprint density at radius 1 is 0.867 bits per heavy atom. The van der Waals surface area contributed by atoms with Gasteiger partial charge in [0.25, 0.3) is 0 Å². The first-order chi connectivity index (χ1) is 21.6. The molecule has 0 spiro atoms. The van der Waals surface area contributed by atoms with Gasteiger partial charge in [0.1, 0.15) is 18.5 Å². The van der Waals surface area contributed by atoms with Gasteiger partial charge in [-0.15, -0.1) is 0 Å². The van der Waals surface area contributed by atoms with E-state index in [0.29, 0.717) is 11.3 Å². The van der Waals surface area contributed by atoms with Crippen molar-refractivity contribution in [2.24, 2.45) is 0 Å². The van der Waals surface area contributed by atoms with E-state index in [1.54, 1.807) is 32.0 Å². The lowest BCUT2D eigenvalue weighted by Crippen LogP contribution is -2.31. The SMILES string of the molecule is CCOC(=O)Cc1ccc(OCc2ccccc2)c(Oc2ccc(C(F)(F)F)cc2CN2C(=O)O[C@@H](c3ccccc3)[C@H]2C)c1. The van der Waals surface area contributed by atoms with Crippen molar-refractivity contribution >= 4 is 12.1 Å². The van der Waals surface area contributed by atoms with Gasteiger partial charge in [-0.1, -0.05) is 66.7 Å². The summed E-state index contributed by atoms with van der Waals surface area (Å²) in [5.41, 5.74) is 1.46. The molecule has 7 nitrogen and oxygen atoms in total. The van der Waals surface area contributed by atoms with Gasteiger partial charge in [0.05, 0.1) is 31.2 Å². The van der Waals surface area contributed by atoms with Crippen LogP contribution < -0.4 is 9.47 Å². The smallest absolute Gasteiger partial charge is 0.416 e. The van der Waals surface area contributed by atoms with Crippen LogP contribution in [0.1, 0.15) is 47.8 Å². The van der Waals surface area contributed by atoms with E-state index >= 15 is 0 Å². The van der Waals surface area contributed by atoms with E-state index in [0.717, 1.165) is 23.3 Å². The normalized spacial score (nSPS) is 16.3. The van der Waals surface area contributed by atoms with Gasteiger partial charge in [-0.25, -0.2) is 4.79 Å². The zero-order valence-electron chi connectivity index (χ0n) is 24.8. The number of alkyl halides is 3. The maximum atomic E-state index is 13.8.